The first-order valence-corrected chi connectivity index (χ1v) is 6.12. The summed E-state index contributed by atoms with van der Waals surface area (Å²) in [6, 6.07) is 5.12. The van der Waals surface area contributed by atoms with Crippen LogP contribution in [-0.2, 0) is 0 Å². The molecule has 2 aromatic rings. The van der Waals surface area contributed by atoms with Crippen molar-refractivity contribution in [3.05, 3.63) is 23.8 Å². The number of benzene rings is 1. The molecule has 1 fully saturated rings. The largest absolute Gasteiger partial charge is 0.478 e. The Hall–Kier alpha value is -2.44. The Kier molecular flexibility index (Phi) is 2.86. The molecule has 1 saturated heterocycles. The molecule has 7 nitrogen and oxygen atoms in total. The molecule has 2 N–H and O–H groups in total. The fraction of sp³-hybridized carbons (Fsp3) is 0.333. The summed E-state index contributed by atoms with van der Waals surface area (Å²) in [6.45, 7) is 1.77. The van der Waals surface area contributed by atoms with Crippen LogP contribution in [0, 0.1) is 0 Å². The smallest absolute Gasteiger partial charge is 0.337 e. The van der Waals surface area contributed by atoms with Crippen LogP contribution in [0.25, 0.3) is 11.4 Å². The number of aromatic amines is 1. The lowest BCUT2D eigenvalue weighted by Gasteiger charge is -2.20. The van der Waals surface area contributed by atoms with Crippen molar-refractivity contribution < 1.29 is 9.90 Å². The van der Waals surface area contributed by atoms with Gasteiger partial charge in [-0.25, -0.2) is 4.79 Å². The molecule has 0 unspecified atom stereocenters. The van der Waals surface area contributed by atoms with E-state index in [4.69, 9.17) is 0 Å². The first-order chi connectivity index (χ1) is 9.25. The second-order valence-electron chi connectivity index (χ2n) is 4.47. The summed E-state index contributed by atoms with van der Waals surface area (Å²) >= 11 is 0. The number of aromatic nitrogens is 4. The zero-order valence-corrected chi connectivity index (χ0v) is 10.2. The van der Waals surface area contributed by atoms with Gasteiger partial charge in [-0.3, -0.25) is 0 Å². The maximum absolute atomic E-state index is 11.3. The molecule has 1 aromatic carbocycles. The maximum atomic E-state index is 11.3. The van der Waals surface area contributed by atoms with Crippen molar-refractivity contribution >= 4 is 11.7 Å². The highest BCUT2D eigenvalue weighted by atomic mass is 16.4. The molecule has 0 aliphatic carbocycles. The van der Waals surface area contributed by atoms with E-state index in [1.807, 2.05) is 6.07 Å². The molecule has 98 valence electrons. The summed E-state index contributed by atoms with van der Waals surface area (Å²) in [7, 11) is 0. The van der Waals surface area contributed by atoms with Gasteiger partial charge in [-0.15, -0.1) is 10.2 Å². The highest BCUT2D eigenvalue weighted by Gasteiger charge is 2.20. The zero-order valence-electron chi connectivity index (χ0n) is 10.2. The van der Waals surface area contributed by atoms with Crippen LogP contribution in [0.4, 0.5) is 5.69 Å². The number of hydrogen-bond donors (Lipinski definition) is 2. The van der Waals surface area contributed by atoms with Gasteiger partial charge in [0, 0.05) is 18.7 Å². The molecule has 2 heterocycles. The van der Waals surface area contributed by atoms with E-state index in [9.17, 15) is 9.90 Å². The fourth-order valence-corrected chi connectivity index (χ4v) is 2.36. The average Bonchev–Trinajstić information content (AvgIpc) is 3.11. The van der Waals surface area contributed by atoms with Gasteiger partial charge < -0.3 is 10.0 Å². The van der Waals surface area contributed by atoms with Gasteiger partial charge in [0.15, 0.2) is 0 Å². The van der Waals surface area contributed by atoms with Crippen LogP contribution in [0.3, 0.4) is 0 Å². The van der Waals surface area contributed by atoms with Gasteiger partial charge in [0.2, 0.25) is 5.82 Å². The van der Waals surface area contributed by atoms with Gasteiger partial charge in [0.05, 0.1) is 11.3 Å². The minimum absolute atomic E-state index is 0.314. The Morgan fingerprint density at radius 2 is 2.11 bits per heavy atom. The van der Waals surface area contributed by atoms with Gasteiger partial charge in [0.1, 0.15) is 0 Å². The molecule has 0 atom stereocenters. The molecule has 1 aliphatic heterocycles. The monoisotopic (exact) mass is 259 g/mol. The van der Waals surface area contributed by atoms with E-state index in [1.54, 1.807) is 12.1 Å². The summed E-state index contributed by atoms with van der Waals surface area (Å²) in [5, 5.41) is 23.0. The van der Waals surface area contributed by atoms with Crippen molar-refractivity contribution in [2.45, 2.75) is 12.8 Å². The van der Waals surface area contributed by atoms with Crippen LogP contribution in [-0.4, -0.2) is 44.8 Å². The molecular formula is C12H13N5O2. The summed E-state index contributed by atoms with van der Waals surface area (Å²) in [6.07, 6.45) is 2.18. The molecule has 1 aromatic heterocycles. The van der Waals surface area contributed by atoms with E-state index in [0.29, 0.717) is 11.4 Å². The lowest BCUT2D eigenvalue weighted by atomic mass is 10.1. The van der Waals surface area contributed by atoms with Gasteiger partial charge in [0.25, 0.3) is 0 Å². The molecule has 0 saturated carbocycles. The Morgan fingerprint density at radius 3 is 2.74 bits per heavy atom. The Balaban J connectivity index is 2.06. The van der Waals surface area contributed by atoms with E-state index < -0.39 is 5.97 Å². The molecule has 0 spiro atoms. The average molecular weight is 259 g/mol. The van der Waals surface area contributed by atoms with Gasteiger partial charge in [-0.2, -0.15) is 5.21 Å². The first-order valence-electron chi connectivity index (χ1n) is 6.12. The van der Waals surface area contributed by atoms with Crippen molar-refractivity contribution in [3.63, 3.8) is 0 Å². The predicted octanol–water partition coefficient (Wildman–Crippen LogP) is 1.17. The number of anilines is 1. The van der Waals surface area contributed by atoms with Gasteiger partial charge >= 0.3 is 5.97 Å². The third-order valence-electron chi connectivity index (χ3n) is 3.28. The van der Waals surface area contributed by atoms with Crippen LogP contribution in [0.15, 0.2) is 18.2 Å². The molecular weight excluding hydrogens is 246 g/mol. The molecule has 19 heavy (non-hydrogen) atoms. The first kappa shape index (κ1) is 11.6. The second-order valence-corrected chi connectivity index (χ2v) is 4.47. The van der Waals surface area contributed by atoms with E-state index in [2.05, 4.69) is 25.5 Å². The predicted molar refractivity (Wildman–Crippen MR) is 68.0 cm³/mol. The minimum Gasteiger partial charge on any atom is -0.478 e. The third-order valence-corrected chi connectivity index (χ3v) is 3.28. The number of hydrogen-bond acceptors (Lipinski definition) is 5. The molecule has 7 heteroatoms. The summed E-state index contributed by atoms with van der Waals surface area (Å²) in [5.41, 5.74) is 1.81. The SMILES string of the molecule is O=C(O)c1ccc(-c2nn[nH]n2)cc1N1CCCC1. The van der Waals surface area contributed by atoms with Crippen molar-refractivity contribution in [2.24, 2.45) is 0 Å². The molecule has 0 bridgehead atoms. The number of H-pyrrole nitrogens is 1. The number of carboxylic acid groups (broad SMARTS) is 1. The van der Waals surface area contributed by atoms with Crippen LogP contribution in [0.5, 0.6) is 0 Å². The lowest BCUT2D eigenvalue weighted by molar-refractivity contribution is 0.0697. The van der Waals surface area contributed by atoms with Crippen LogP contribution in [0.2, 0.25) is 0 Å². The highest BCUT2D eigenvalue weighted by molar-refractivity contribution is 5.95. The normalized spacial score (nSPS) is 14.8. The van der Waals surface area contributed by atoms with Crippen LogP contribution in [0.1, 0.15) is 23.2 Å². The maximum Gasteiger partial charge on any atom is 0.337 e. The summed E-state index contributed by atoms with van der Waals surface area (Å²) in [5.74, 6) is -0.445. The minimum atomic E-state index is -0.915. The standard InChI is InChI=1S/C12H13N5O2/c18-12(19)9-4-3-8(11-13-15-16-14-11)7-10(9)17-5-1-2-6-17/h3-4,7H,1-2,5-6H2,(H,18,19)(H,13,14,15,16). The number of tetrazole rings is 1. The van der Waals surface area contributed by atoms with Crippen LogP contribution < -0.4 is 4.90 Å². The Labute approximate surface area is 109 Å². The number of nitrogens with zero attached hydrogens (tertiary/aromatic N) is 4. The van der Waals surface area contributed by atoms with Gasteiger partial charge in [-0.05, 0) is 30.2 Å². The topological polar surface area (TPSA) is 95.0 Å². The van der Waals surface area contributed by atoms with Crippen LogP contribution >= 0.6 is 0 Å². The number of rotatable bonds is 3. The Bertz CT molecular complexity index is 590. The molecule has 1 aliphatic rings. The van der Waals surface area contributed by atoms with E-state index in [0.717, 1.165) is 37.2 Å². The van der Waals surface area contributed by atoms with Crippen molar-refractivity contribution in [1.82, 2.24) is 20.6 Å². The van der Waals surface area contributed by atoms with Crippen molar-refractivity contribution in [1.29, 1.82) is 0 Å². The van der Waals surface area contributed by atoms with E-state index in [-0.39, 0.29) is 0 Å². The summed E-state index contributed by atoms with van der Waals surface area (Å²) < 4.78 is 0. The molecule has 0 amide bonds. The number of nitrogens with one attached hydrogen (secondary N) is 1. The van der Waals surface area contributed by atoms with Gasteiger partial charge in [-0.1, -0.05) is 6.07 Å². The molecule has 3 rings (SSSR count). The van der Waals surface area contributed by atoms with Crippen molar-refractivity contribution in [3.8, 4) is 11.4 Å². The highest BCUT2D eigenvalue weighted by Crippen LogP contribution is 2.29. The number of carbonyl (C=O) groups is 1. The second kappa shape index (κ2) is 4.68. The number of carboxylic acids is 1. The number of aromatic carboxylic acids is 1. The van der Waals surface area contributed by atoms with Crippen molar-refractivity contribution in [2.75, 3.05) is 18.0 Å². The Morgan fingerprint density at radius 1 is 1.32 bits per heavy atom. The lowest BCUT2D eigenvalue weighted by Crippen LogP contribution is -2.20. The fourth-order valence-electron chi connectivity index (χ4n) is 2.36. The van der Waals surface area contributed by atoms with E-state index >= 15 is 0 Å². The molecule has 0 radical (unpaired) electrons. The third kappa shape index (κ3) is 2.14. The quantitative estimate of drug-likeness (QED) is 0.859. The zero-order chi connectivity index (χ0) is 13.2. The summed E-state index contributed by atoms with van der Waals surface area (Å²) in [4.78, 5) is 13.4. The van der Waals surface area contributed by atoms with E-state index in [1.165, 1.54) is 0 Å².